The first-order valence-corrected chi connectivity index (χ1v) is 6.53. The van der Waals surface area contributed by atoms with Gasteiger partial charge in [-0.25, -0.2) is 0 Å². The van der Waals surface area contributed by atoms with E-state index in [0.717, 1.165) is 10.0 Å². The van der Waals surface area contributed by atoms with Gasteiger partial charge in [0, 0.05) is 11.0 Å². The Morgan fingerprint density at radius 3 is 2.68 bits per heavy atom. The minimum Gasteiger partial charge on any atom is -0.481 e. The van der Waals surface area contributed by atoms with Gasteiger partial charge in [-0.05, 0) is 24.6 Å². The molecule has 1 rings (SSSR count). The molecule has 1 aromatic rings. The van der Waals surface area contributed by atoms with E-state index in [4.69, 9.17) is 5.11 Å². The van der Waals surface area contributed by atoms with E-state index in [1.807, 2.05) is 24.3 Å². The van der Waals surface area contributed by atoms with Crippen LogP contribution in [0.4, 0.5) is 0 Å². The molecule has 0 saturated heterocycles. The van der Waals surface area contributed by atoms with E-state index in [1.54, 1.807) is 0 Å². The smallest absolute Gasteiger partial charge is 0.306 e. The highest BCUT2D eigenvalue weighted by molar-refractivity contribution is 9.10. The maximum absolute atomic E-state index is 11.7. The quantitative estimate of drug-likeness (QED) is 0.734. The maximum atomic E-state index is 11.7. The first kappa shape index (κ1) is 15.7. The van der Waals surface area contributed by atoms with Gasteiger partial charge < -0.3 is 15.5 Å². The second-order valence-electron chi connectivity index (χ2n) is 4.65. The van der Waals surface area contributed by atoms with Crippen molar-refractivity contribution in [3.63, 3.8) is 0 Å². The van der Waals surface area contributed by atoms with Gasteiger partial charge in [0.25, 0.3) is 0 Å². The van der Waals surface area contributed by atoms with E-state index in [9.17, 15) is 14.7 Å². The summed E-state index contributed by atoms with van der Waals surface area (Å²) in [6.07, 6.45) is -0.229. The Kier molecular flexibility index (Phi) is 5.50. The van der Waals surface area contributed by atoms with Crippen LogP contribution in [-0.4, -0.2) is 34.2 Å². The summed E-state index contributed by atoms with van der Waals surface area (Å²) in [5.74, 6) is -1.37. The molecule has 0 radical (unpaired) electrons. The zero-order valence-corrected chi connectivity index (χ0v) is 12.1. The van der Waals surface area contributed by atoms with Crippen molar-refractivity contribution in [3.8, 4) is 0 Å². The van der Waals surface area contributed by atoms with E-state index in [0.29, 0.717) is 0 Å². The van der Waals surface area contributed by atoms with Gasteiger partial charge in [-0.15, -0.1) is 0 Å². The predicted molar refractivity (Wildman–Crippen MR) is 73.7 cm³/mol. The molecule has 0 aliphatic heterocycles. The lowest BCUT2D eigenvalue weighted by atomic mass is 10.0. The van der Waals surface area contributed by atoms with E-state index >= 15 is 0 Å². The summed E-state index contributed by atoms with van der Waals surface area (Å²) < 4.78 is 0.885. The van der Waals surface area contributed by atoms with Crippen molar-refractivity contribution in [3.05, 3.63) is 34.3 Å². The highest BCUT2D eigenvalue weighted by atomic mass is 79.9. The van der Waals surface area contributed by atoms with Crippen molar-refractivity contribution < 1.29 is 19.8 Å². The first-order valence-electron chi connectivity index (χ1n) is 5.74. The Hall–Kier alpha value is -1.40. The van der Waals surface area contributed by atoms with Crippen molar-refractivity contribution in [2.24, 2.45) is 0 Å². The lowest BCUT2D eigenvalue weighted by Crippen LogP contribution is -2.42. The van der Waals surface area contributed by atoms with Crippen molar-refractivity contribution in [1.82, 2.24) is 5.32 Å². The number of carbonyl (C=O) groups excluding carboxylic acids is 1. The Bertz CT molecular complexity index is 473. The zero-order valence-electron chi connectivity index (χ0n) is 10.5. The standard InChI is InChI=1S/C13H16BrNO4/c1-13(19,7-12(17)18)8-15-11(16)6-9-3-2-4-10(14)5-9/h2-5,19H,6-8H2,1H3,(H,15,16)(H,17,18). The number of rotatable bonds is 6. The SMILES string of the molecule is CC(O)(CNC(=O)Cc1cccc(Br)c1)CC(=O)O. The van der Waals surface area contributed by atoms with E-state index in [-0.39, 0.29) is 18.9 Å². The number of halogens is 1. The number of aliphatic hydroxyl groups is 1. The predicted octanol–water partition coefficient (Wildman–Crippen LogP) is 1.33. The normalized spacial score (nSPS) is 13.6. The number of hydrogen-bond acceptors (Lipinski definition) is 3. The maximum Gasteiger partial charge on any atom is 0.306 e. The first-order chi connectivity index (χ1) is 8.78. The Balaban J connectivity index is 2.46. The highest BCUT2D eigenvalue weighted by Crippen LogP contribution is 2.12. The summed E-state index contributed by atoms with van der Waals surface area (Å²) in [6, 6.07) is 7.33. The fourth-order valence-electron chi connectivity index (χ4n) is 1.57. The molecule has 0 bridgehead atoms. The minimum atomic E-state index is -1.45. The lowest BCUT2D eigenvalue weighted by molar-refractivity contribution is -0.142. The molecule has 0 spiro atoms. The highest BCUT2D eigenvalue weighted by Gasteiger charge is 2.24. The van der Waals surface area contributed by atoms with Gasteiger partial charge in [0.1, 0.15) is 0 Å². The van der Waals surface area contributed by atoms with E-state index in [2.05, 4.69) is 21.2 Å². The molecule has 19 heavy (non-hydrogen) atoms. The third kappa shape index (κ3) is 6.35. The Morgan fingerprint density at radius 1 is 1.42 bits per heavy atom. The van der Waals surface area contributed by atoms with Crippen molar-refractivity contribution in [2.45, 2.75) is 25.4 Å². The van der Waals surface area contributed by atoms with Crippen molar-refractivity contribution in [2.75, 3.05) is 6.54 Å². The van der Waals surface area contributed by atoms with Crippen LogP contribution in [0.2, 0.25) is 0 Å². The van der Waals surface area contributed by atoms with Crippen LogP contribution in [-0.2, 0) is 16.0 Å². The fourth-order valence-corrected chi connectivity index (χ4v) is 2.02. The Morgan fingerprint density at radius 2 is 2.11 bits per heavy atom. The molecule has 0 fully saturated rings. The molecule has 0 heterocycles. The molecule has 104 valence electrons. The second kappa shape index (κ2) is 6.68. The van der Waals surface area contributed by atoms with Crippen LogP contribution in [0.5, 0.6) is 0 Å². The van der Waals surface area contributed by atoms with E-state index in [1.165, 1.54) is 6.92 Å². The van der Waals surface area contributed by atoms with Gasteiger partial charge in [-0.3, -0.25) is 9.59 Å². The summed E-state index contributed by atoms with van der Waals surface area (Å²) in [7, 11) is 0. The van der Waals surface area contributed by atoms with Crippen LogP contribution < -0.4 is 5.32 Å². The van der Waals surface area contributed by atoms with Crippen LogP contribution in [0, 0.1) is 0 Å². The zero-order chi connectivity index (χ0) is 14.5. The molecule has 1 unspecified atom stereocenters. The van der Waals surface area contributed by atoms with Crippen LogP contribution in [0.15, 0.2) is 28.7 Å². The summed E-state index contributed by atoms with van der Waals surface area (Å²) >= 11 is 3.31. The molecule has 6 heteroatoms. The molecule has 0 aliphatic carbocycles. The molecule has 3 N–H and O–H groups in total. The van der Waals surface area contributed by atoms with Gasteiger partial charge in [-0.1, -0.05) is 28.1 Å². The number of amides is 1. The average molecular weight is 330 g/mol. The summed E-state index contributed by atoms with van der Waals surface area (Å²) in [5.41, 5.74) is -0.608. The van der Waals surface area contributed by atoms with Crippen LogP contribution in [0.25, 0.3) is 0 Å². The van der Waals surface area contributed by atoms with Crippen LogP contribution in [0.1, 0.15) is 18.9 Å². The van der Waals surface area contributed by atoms with Gasteiger partial charge in [-0.2, -0.15) is 0 Å². The topological polar surface area (TPSA) is 86.6 Å². The van der Waals surface area contributed by atoms with Gasteiger partial charge in [0.2, 0.25) is 5.91 Å². The van der Waals surface area contributed by atoms with E-state index < -0.39 is 18.0 Å². The number of carboxylic acid groups (broad SMARTS) is 1. The second-order valence-corrected chi connectivity index (χ2v) is 5.57. The fraction of sp³-hybridized carbons (Fsp3) is 0.385. The number of carboxylic acids is 1. The third-order valence-corrected chi connectivity index (χ3v) is 2.95. The molecule has 1 aromatic carbocycles. The van der Waals surface area contributed by atoms with Gasteiger partial charge in [0.05, 0.1) is 18.4 Å². The van der Waals surface area contributed by atoms with Crippen molar-refractivity contribution >= 4 is 27.8 Å². The van der Waals surface area contributed by atoms with Gasteiger partial charge in [0.15, 0.2) is 0 Å². The minimum absolute atomic E-state index is 0.0911. The molecule has 1 atom stereocenters. The Labute approximate surface area is 119 Å². The monoisotopic (exact) mass is 329 g/mol. The molecule has 0 saturated carbocycles. The molecule has 0 aromatic heterocycles. The number of aliphatic carboxylic acids is 1. The van der Waals surface area contributed by atoms with Crippen LogP contribution in [0.3, 0.4) is 0 Å². The largest absolute Gasteiger partial charge is 0.481 e. The summed E-state index contributed by atoms with van der Waals surface area (Å²) in [6.45, 7) is 1.28. The number of nitrogens with one attached hydrogen (secondary N) is 1. The van der Waals surface area contributed by atoms with Crippen molar-refractivity contribution in [1.29, 1.82) is 0 Å². The van der Waals surface area contributed by atoms with Gasteiger partial charge >= 0.3 is 5.97 Å². The average Bonchev–Trinajstić information content (AvgIpc) is 2.25. The number of carbonyl (C=O) groups is 2. The summed E-state index contributed by atoms with van der Waals surface area (Å²) in [5, 5.41) is 20.9. The molecular formula is C13H16BrNO4. The molecule has 0 aliphatic rings. The molecule has 1 amide bonds. The molecular weight excluding hydrogens is 314 g/mol. The third-order valence-electron chi connectivity index (χ3n) is 2.45. The lowest BCUT2D eigenvalue weighted by Gasteiger charge is -2.21. The number of hydrogen-bond donors (Lipinski definition) is 3. The van der Waals surface area contributed by atoms with Crippen LogP contribution >= 0.6 is 15.9 Å². The number of benzene rings is 1. The summed E-state index contributed by atoms with van der Waals surface area (Å²) in [4.78, 5) is 22.2. The molecule has 5 nitrogen and oxygen atoms in total.